The fourth-order valence-electron chi connectivity index (χ4n) is 2.45. The lowest BCUT2D eigenvalue weighted by Gasteiger charge is -2.24. The molecule has 0 radical (unpaired) electrons. The maximum atomic E-state index is 12.5. The number of halogens is 1. The number of carbonyl (C=O) groups excluding carboxylic acids is 2. The smallest absolute Gasteiger partial charge is 0.249 e. The van der Waals surface area contributed by atoms with E-state index < -0.39 is 6.04 Å². The number of nitrogens with zero attached hydrogens (tertiary/aromatic N) is 1. The molecule has 1 aliphatic heterocycles. The van der Waals surface area contributed by atoms with Gasteiger partial charge in [0.2, 0.25) is 11.8 Å². The molecule has 0 spiro atoms. The molecule has 5 heteroatoms. The summed E-state index contributed by atoms with van der Waals surface area (Å²) in [5.41, 5.74) is 3.04. The third-order valence-corrected chi connectivity index (χ3v) is 4.85. The minimum absolute atomic E-state index is 0.0283. The minimum atomic E-state index is -0.422. The molecule has 2 amide bonds. The first kappa shape index (κ1) is 15.0. The van der Waals surface area contributed by atoms with E-state index in [1.165, 1.54) is 0 Å². The van der Waals surface area contributed by atoms with E-state index in [0.717, 1.165) is 21.3 Å². The Balaban J connectivity index is 2.39. The van der Waals surface area contributed by atoms with Crippen molar-refractivity contribution in [2.75, 3.05) is 11.4 Å². The molecule has 1 fully saturated rings. The Bertz CT molecular complexity index is 534. The predicted molar refractivity (Wildman–Crippen MR) is 82.8 cm³/mol. The van der Waals surface area contributed by atoms with E-state index in [-0.39, 0.29) is 11.8 Å². The molecule has 0 bridgehead atoms. The third kappa shape index (κ3) is 2.87. The summed E-state index contributed by atoms with van der Waals surface area (Å²) in [6.45, 7) is 6.35. The van der Waals surface area contributed by atoms with Gasteiger partial charge in [0.05, 0.1) is 0 Å². The highest BCUT2D eigenvalue weighted by molar-refractivity contribution is 9.10. The van der Waals surface area contributed by atoms with Crippen LogP contribution in [0, 0.1) is 13.8 Å². The average Bonchev–Trinajstić information content (AvgIpc) is 2.55. The Hall–Kier alpha value is -1.36. The van der Waals surface area contributed by atoms with Crippen LogP contribution in [0.4, 0.5) is 5.69 Å². The Labute approximate surface area is 127 Å². The summed E-state index contributed by atoms with van der Waals surface area (Å²) in [6.07, 6.45) is 0.950. The van der Waals surface area contributed by atoms with E-state index in [9.17, 15) is 9.59 Å². The summed E-state index contributed by atoms with van der Waals surface area (Å²) < 4.78 is 1.06. The van der Waals surface area contributed by atoms with Crippen LogP contribution in [0.3, 0.4) is 0 Å². The molecular weight excluding hydrogens is 320 g/mol. The molecule has 20 heavy (non-hydrogen) atoms. The van der Waals surface area contributed by atoms with E-state index in [2.05, 4.69) is 21.2 Å². The van der Waals surface area contributed by atoms with Gasteiger partial charge in [0.25, 0.3) is 0 Å². The van der Waals surface area contributed by atoms with Gasteiger partial charge in [-0.25, -0.2) is 0 Å². The first-order chi connectivity index (χ1) is 9.43. The summed E-state index contributed by atoms with van der Waals surface area (Å²) >= 11 is 3.53. The number of aryl methyl sites for hydroxylation is 2. The number of benzene rings is 1. The van der Waals surface area contributed by atoms with Crippen LogP contribution in [0.2, 0.25) is 0 Å². The molecule has 1 heterocycles. The van der Waals surface area contributed by atoms with Crippen molar-refractivity contribution in [3.63, 3.8) is 0 Å². The van der Waals surface area contributed by atoms with Crippen LogP contribution in [0.5, 0.6) is 0 Å². The lowest BCUT2D eigenvalue weighted by Crippen LogP contribution is -2.44. The number of rotatable bonds is 2. The predicted octanol–water partition coefficient (Wildman–Crippen LogP) is 2.70. The monoisotopic (exact) mass is 338 g/mol. The summed E-state index contributed by atoms with van der Waals surface area (Å²) in [4.78, 5) is 25.9. The summed E-state index contributed by atoms with van der Waals surface area (Å²) in [6, 6.07) is 3.55. The molecule has 1 unspecified atom stereocenters. The van der Waals surface area contributed by atoms with Gasteiger partial charge in [-0.2, -0.15) is 0 Å². The van der Waals surface area contributed by atoms with Gasteiger partial charge in [-0.15, -0.1) is 0 Å². The van der Waals surface area contributed by atoms with Crippen LogP contribution in [0.1, 0.15) is 30.9 Å². The number of amides is 2. The van der Waals surface area contributed by atoms with E-state index in [1.54, 1.807) is 4.90 Å². The van der Waals surface area contributed by atoms with Crippen LogP contribution in [0.25, 0.3) is 0 Å². The maximum Gasteiger partial charge on any atom is 0.249 e. The highest BCUT2D eigenvalue weighted by Gasteiger charge is 2.29. The molecule has 0 aliphatic carbocycles. The Kier molecular flexibility index (Phi) is 4.48. The zero-order valence-corrected chi connectivity index (χ0v) is 13.6. The van der Waals surface area contributed by atoms with Crippen molar-refractivity contribution >= 4 is 33.4 Å². The fraction of sp³-hybridized carbons (Fsp3) is 0.467. The van der Waals surface area contributed by atoms with Crippen LogP contribution in [-0.2, 0) is 9.59 Å². The van der Waals surface area contributed by atoms with Gasteiger partial charge in [-0.1, -0.05) is 22.9 Å². The number of hydrogen-bond donors (Lipinski definition) is 1. The van der Waals surface area contributed by atoms with Crippen molar-refractivity contribution in [1.29, 1.82) is 0 Å². The van der Waals surface area contributed by atoms with Crippen molar-refractivity contribution in [3.05, 3.63) is 27.7 Å². The SMILES string of the molecule is CCC1NC(=O)CCN(c2cc(C)c(Br)c(C)c2)C1=O. The summed E-state index contributed by atoms with van der Waals surface area (Å²) in [7, 11) is 0. The average molecular weight is 339 g/mol. The van der Waals surface area contributed by atoms with Crippen molar-refractivity contribution in [1.82, 2.24) is 5.32 Å². The quantitative estimate of drug-likeness (QED) is 0.901. The standard InChI is InChI=1S/C15H19BrN2O2/c1-4-12-15(20)18(6-5-13(19)17-12)11-7-9(2)14(16)10(3)8-11/h7-8,12H,4-6H2,1-3H3,(H,17,19). The zero-order valence-electron chi connectivity index (χ0n) is 12.0. The van der Waals surface area contributed by atoms with Crippen LogP contribution in [0.15, 0.2) is 16.6 Å². The summed E-state index contributed by atoms with van der Waals surface area (Å²) in [5, 5.41) is 2.78. The molecule has 1 aromatic rings. The van der Waals surface area contributed by atoms with E-state index in [1.807, 2.05) is 32.9 Å². The van der Waals surface area contributed by atoms with Crippen molar-refractivity contribution in [2.45, 2.75) is 39.7 Å². The van der Waals surface area contributed by atoms with Crippen LogP contribution >= 0.6 is 15.9 Å². The Morgan fingerprint density at radius 2 is 1.90 bits per heavy atom. The second-order valence-electron chi connectivity index (χ2n) is 5.16. The number of hydrogen-bond acceptors (Lipinski definition) is 2. The first-order valence-corrected chi connectivity index (χ1v) is 7.60. The molecule has 1 aromatic carbocycles. The molecule has 2 rings (SSSR count). The zero-order chi connectivity index (χ0) is 14.9. The molecule has 1 aliphatic rings. The van der Waals surface area contributed by atoms with Crippen LogP contribution < -0.4 is 10.2 Å². The highest BCUT2D eigenvalue weighted by Crippen LogP contribution is 2.28. The van der Waals surface area contributed by atoms with Gasteiger partial charge in [0, 0.05) is 23.1 Å². The van der Waals surface area contributed by atoms with Gasteiger partial charge in [-0.05, 0) is 43.5 Å². The first-order valence-electron chi connectivity index (χ1n) is 6.81. The molecular formula is C15H19BrN2O2. The van der Waals surface area contributed by atoms with Gasteiger partial charge >= 0.3 is 0 Å². The van der Waals surface area contributed by atoms with Crippen molar-refractivity contribution in [3.8, 4) is 0 Å². The Morgan fingerprint density at radius 3 is 2.45 bits per heavy atom. The number of anilines is 1. The summed E-state index contributed by atoms with van der Waals surface area (Å²) in [5.74, 6) is -0.0854. The molecule has 0 saturated carbocycles. The van der Waals surface area contributed by atoms with E-state index >= 15 is 0 Å². The normalized spacial score (nSPS) is 19.8. The van der Waals surface area contributed by atoms with Gasteiger partial charge in [0.1, 0.15) is 6.04 Å². The van der Waals surface area contributed by atoms with E-state index in [0.29, 0.717) is 19.4 Å². The molecule has 108 valence electrons. The number of carbonyl (C=O) groups is 2. The molecule has 0 aromatic heterocycles. The minimum Gasteiger partial charge on any atom is -0.344 e. The molecule has 1 N–H and O–H groups in total. The van der Waals surface area contributed by atoms with Gasteiger partial charge < -0.3 is 10.2 Å². The van der Waals surface area contributed by atoms with Gasteiger partial charge in [-0.3, -0.25) is 9.59 Å². The van der Waals surface area contributed by atoms with Crippen LogP contribution in [-0.4, -0.2) is 24.4 Å². The molecule has 1 saturated heterocycles. The topological polar surface area (TPSA) is 49.4 Å². The Morgan fingerprint density at radius 1 is 1.30 bits per heavy atom. The maximum absolute atomic E-state index is 12.5. The van der Waals surface area contributed by atoms with Crippen molar-refractivity contribution in [2.24, 2.45) is 0 Å². The van der Waals surface area contributed by atoms with Crippen molar-refractivity contribution < 1.29 is 9.59 Å². The van der Waals surface area contributed by atoms with E-state index in [4.69, 9.17) is 0 Å². The molecule has 4 nitrogen and oxygen atoms in total. The lowest BCUT2D eigenvalue weighted by molar-refractivity contribution is -0.125. The van der Waals surface area contributed by atoms with Gasteiger partial charge in [0.15, 0.2) is 0 Å². The lowest BCUT2D eigenvalue weighted by atomic mass is 10.1. The second-order valence-corrected chi connectivity index (χ2v) is 5.95. The highest BCUT2D eigenvalue weighted by atomic mass is 79.9. The largest absolute Gasteiger partial charge is 0.344 e. The second kappa shape index (κ2) is 5.95. The number of nitrogens with one attached hydrogen (secondary N) is 1. The molecule has 1 atom stereocenters. The fourth-order valence-corrected chi connectivity index (χ4v) is 2.68. The third-order valence-electron chi connectivity index (χ3n) is 3.60.